The van der Waals surface area contributed by atoms with Crippen LogP contribution in [0.15, 0.2) is 0 Å². The first-order chi connectivity index (χ1) is 10.1. The molecule has 0 radical (unpaired) electrons. The molecule has 22 heavy (non-hydrogen) atoms. The van der Waals surface area contributed by atoms with E-state index in [1.54, 1.807) is 7.11 Å². The molecular formula is C17H29NO4. The van der Waals surface area contributed by atoms with Crippen LogP contribution in [-0.2, 0) is 14.3 Å². The second kappa shape index (κ2) is 5.84. The van der Waals surface area contributed by atoms with Crippen LogP contribution in [0.2, 0.25) is 0 Å². The predicted octanol–water partition coefficient (Wildman–Crippen LogP) is 2.54. The molecule has 0 heterocycles. The zero-order valence-electron chi connectivity index (χ0n) is 14.4. The lowest BCUT2D eigenvalue weighted by Gasteiger charge is -2.61. The number of amides is 1. The van der Waals surface area contributed by atoms with E-state index >= 15 is 0 Å². The van der Waals surface area contributed by atoms with Gasteiger partial charge in [0.15, 0.2) is 0 Å². The Labute approximate surface area is 133 Å². The molecular weight excluding hydrogens is 282 g/mol. The summed E-state index contributed by atoms with van der Waals surface area (Å²) in [6, 6.07) is 0.183. The van der Waals surface area contributed by atoms with Gasteiger partial charge in [-0.05, 0) is 39.0 Å². The Morgan fingerprint density at radius 2 is 1.59 bits per heavy atom. The zero-order valence-corrected chi connectivity index (χ0v) is 14.4. The third kappa shape index (κ3) is 2.64. The van der Waals surface area contributed by atoms with Crippen molar-refractivity contribution in [3.05, 3.63) is 0 Å². The van der Waals surface area contributed by atoms with E-state index in [-0.39, 0.29) is 34.8 Å². The fourth-order valence-corrected chi connectivity index (χ4v) is 4.10. The van der Waals surface area contributed by atoms with Crippen molar-refractivity contribution in [1.29, 1.82) is 0 Å². The number of carbonyl (C=O) groups excluding carboxylic acids is 1. The summed E-state index contributed by atoms with van der Waals surface area (Å²) in [6.07, 6.45) is 3.46. The Kier molecular flexibility index (Phi) is 4.58. The first-order valence-corrected chi connectivity index (χ1v) is 8.18. The summed E-state index contributed by atoms with van der Waals surface area (Å²) in [5.74, 6) is -0.854. The van der Waals surface area contributed by atoms with Crippen molar-refractivity contribution in [3.63, 3.8) is 0 Å². The number of ether oxygens (including phenoxy) is 1. The molecule has 2 unspecified atom stereocenters. The summed E-state index contributed by atoms with van der Waals surface area (Å²) in [7, 11) is 3.61. The monoisotopic (exact) mass is 311 g/mol. The lowest BCUT2D eigenvalue weighted by Crippen LogP contribution is -2.69. The molecule has 2 aliphatic carbocycles. The standard InChI is InChI=1S/C17H29NO4/c1-16(2)13(10-17(16,3)22-5)18(4)14(19)11-6-8-12(9-7-11)15(20)21/h11-13H,6-10H2,1-5H3,(H,20,21). The van der Waals surface area contributed by atoms with Crippen molar-refractivity contribution in [1.82, 2.24) is 4.90 Å². The molecule has 0 saturated heterocycles. The van der Waals surface area contributed by atoms with Gasteiger partial charge in [0, 0.05) is 31.5 Å². The second-order valence-electron chi connectivity index (χ2n) is 7.71. The van der Waals surface area contributed by atoms with Gasteiger partial charge in [0.1, 0.15) is 0 Å². The Morgan fingerprint density at radius 3 is 2.00 bits per heavy atom. The topological polar surface area (TPSA) is 66.8 Å². The predicted molar refractivity (Wildman–Crippen MR) is 83.5 cm³/mol. The van der Waals surface area contributed by atoms with E-state index in [0.717, 1.165) is 6.42 Å². The Balaban J connectivity index is 1.96. The van der Waals surface area contributed by atoms with Gasteiger partial charge in [-0.25, -0.2) is 0 Å². The summed E-state index contributed by atoms with van der Waals surface area (Å²) in [5, 5.41) is 9.05. The molecule has 0 bridgehead atoms. The van der Waals surface area contributed by atoms with Crippen LogP contribution in [0.25, 0.3) is 0 Å². The Hall–Kier alpha value is -1.10. The molecule has 2 saturated carbocycles. The molecule has 2 fully saturated rings. The zero-order chi connectivity index (χ0) is 16.7. The van der Waals surface area contributed by atoms with Crippen molar-refractivity contribution in [2.45, 2.75) is 64.5 Å². The molecule has 2 atom stereocenters. The highest BCUT2D eigenvalue weighted by Crippen LogP contribution is 2.53. The largest absolute Gasteiger partial charge is 0.481 e. The summed E-state index contributed by atoms with van der Waals surface area (Å²) < 4.78 is 5.63. The Morgan fingerprint density at radius 1 is 1.09 bits per heavy atom. The Bertz CT molecular complexity index is 454. The number of hydrogen-bond donors (Lipinski definition) is 1. The maximum Gasteiger partial charge on any atom is 0.306 e. The summed E-state index contributed by atoms with van der Waals surface area (Å²) in [6.45, 7) is 6.39. The van der Waals surface area contributed by atoms with Gasteiger partial charge in [0.2, 0.25) is 5.91 Å². The molecule has 1 N–H and O–H groups in total. The number of methoxy groups -OCH3 is 1. The van der Waals surface area contributed by atoms with Crippen LogP contribution in [0.1, 0.15) is 52.9 Å². The molecule has 2 rings (SSSR count). The molecule has 0 spiro atoms. The molecule has 2 aliphatic rings. The molecule has 5 nitrogen and oxygen atoms in total. The molecule has 0 aromatic carbocycles. The smallest absolute Gasteiger partial charge is 0.306 e. The quantitative estimate of drug-likeness (QED) is 0.866. The van der Waals surface area contributed by atoms with Crippen LogP contribution in [-0.4, -0.2) is 47.7 Å². The van der Waals surface area contributed by atoms with Crippen molar-refractivity contribution in [3.8, 4) is 0 Å². The van der Waals surface area contributed by atoms with E-state index in [9.17, 15) is 9.59 Å². The number of carboxylic acids is 1. The summed E-state index contributed by atoms with van der Waals surface area (Å²) in [4.78, 5) is 25.6. The van der Waals surface area contributed by atoms with Crippen LogP contribution in [0.3, 0.4) is 0 Å². The normalized spacial score (nSPS) is 37.2. The van der Waals surface area contributed by atoms with Gasteiger partial charge >= 0.3 is 5.97 Å². The molecule has 1 amide bonds. The van der Waals surface area contributed by atoms with E-state index in [1.807, 2.05) is 11.9 Å². The minimum absolute atomic E-state index is 0.0224. The van der Waals surface area contributed by atoms with Gasteiger partial charge in [0.25, 0.3) is 0 Å². The SMILES string of the molecule is COC1(C)CC(N(C)C(=O)C2CCC(C(=O)O)CC2)C1(C)C. The number of rotatable bonds is 4. The number of nitrogens with zero attached hydrogens (tertiary/aromatic N) is 1. The molecule has 0 aliphatic heterocycles. The van der Waals surface area contributed by atoms with Gasteiger partial charge < -0.3 is 14.7 Å². The molecule has 126 valence electrons. The van der Waals surface area contributed by atoms with Gasteiger partial charge in [-0.2, -0.15) is 0 Å². The molecule has 5 heteroatoms. The minimum atomic E-state index is -0.727. The first kappa shape index (κ1) is 17.3. The first-order valence-electron chi connectivity index (χ1n) is 8.18. The highest BCUT2D eigenvalue weighted by atomic mass is 16.5. The second-order valence-corrected chi connectivity index (χ2v) is 7.71. The summed E-state index contributed by atoms with van der Waals surface area (Å²) in [5.41, 5.74) is -0.266. The third-order valence-corrected chi connectivity index (χ3v) is 6.47. The van der Waals surface area contributed by atoms with Crippen LogP contribution in [0.4, 0.5) is 0 Å². The number of carbonyl (C=O) groups is 2. The van der Waals surface area contributed by atoms with Crippen molar-refractivity contribution in [2.24, 2.45) is 17.3 Å². The number of aliphatic carboxylic acids is 1. The van der Waals surface area contributed by atoms with E-state index in [4.69, 9.17) is 9.84 Å². The highest BCUT2D eigenvalue weighted by molar-refractivity contribution is 5.80. The van der Waals surface area contributed by atoms with Crippen molar-refractivity contribution in [2.75, 3.05) is 14.2 Å². The van der Waals surface area contributed by atoms with Gasteiger partial charge in [-0.1, -0.05) is 13.8 Å². The van der Waals surface area contributed by atoms with E-state index < -0.39 is 5.97 Å². The van der Waals surface area contributed by atoms with Crippen LogP contribution >= 0.6 is 0 Å². The average molecular weight is 311 g/mol. The number of hydrogen-bond acceptors (Lipinski definition) is 3. The van der Waals surface area contributed by atoms with Crippen LogP contribution in [0, 0.1) is 17.3 Å². The average Bonchev–Trinajstić information content (AvgIpc) is 2.50. The van der Waals surface area contributed by atoms with Crippen molar-refractivity contribution >= 4 is 11.9 Å². The van der Waals surface area contributed by atoms with Crippen LogP contribution in [0.5, 0.6) is 0 Å². The van der Waals surface area contributed by atoms with Crippen molar-refractivity contribution < 1.29 is 19.4 Å². The minimum Gasteiger partial charge on any atom is -0.481 e. The highest BCUT2D eigenvalue weighted by Gasteiger charge is 2.60. The third-order valence-electron chi connectivity index (χ3n) is 6.47. The lowest BCUT2D eigenvalue weighted by atomic mass is 9.55. The van der Waals surface area contributed by atoms with E-state index in [0.29, 0.717) is 25.7 Å². The molecule has 0 aromatic rings. The van der Waals surface area contributed by atoms with E-state index in [2.05, 4.69) is 20.8 Å². The van der Waals surface area contributed by atoms with Gasteiger partial charge in [0.05, 0.1) is 11.5 Å². The lowest BCUT2D eigenvalue weighted by molar-refractivity contribution is -0.208. The fraction of sp³-hybridized carbons (Fsp3) is 0.882. The van der Waals surface area contributed by atoms with Gasteiger partial charge in [-0.15, -0.1) is 0 Å². The van der Waals surface area contributed by atoms with E-state index in [1.165, 1.54) is 0 Å². The molecule has 0 aromatic heterocycles. The maximum atomic E-state index is 12.7. The number of carboxylic acid groups (broad SMARTS) is 1. The summed E-state index contributed by atoms with van der Waals surface area (Å²) >= 11 is 0. The van der Waals surface area contributed by atoms with Gasteiger partial charge in [-0.3, -0.25) is 9.59 Å². The fourth-order valence-electron chi connectivity index (χ4n) is 4.10. The maximum absolute atomic E-state index is 12.7. The van der Waals surface area contributed by atoms with Crippen LogP contribution < -0.4 is 0 Å².